The molecule has 1 aromatic rings. The number of hydrogen-bond acceptors (Lipinski definition) is 4. The van der Waals surface area contributed by atoms with Crippen LogP contribution in [0.3, 0.4) is 0 Å². The van der Waals surface area contributed by atoms with Crippen molar-refractivity contribution in [2.24, 2.45) is 0 Å². The van der Waals surface area contributed by atoms with E-state index in [-0.39, 0.29) is 6.10 Å². The molecule has 1 aromatic heterocycles. The van der Waals surface area contributed by atoms with E-state index < -0.39 is 0 Å². The summed E-state index contributed by atoms with van der Waals surface area (Å²) in [7, 11) is 3.38. The molecule has 0 aliphatic heterocycles. The highest BCUT2D eigenvalue weighted by Crippen LogP contribution is 1.94. The number of methoxy groups -OCH3 is 2. The highest BCUT2D eigenvalue weighted by Gasteiger charge is 2.05. The van der Waals surface area contributed by atoms with Crippen LogP contribution in [0.25, 0.3) is 0 Å². The number of ether oxygens (including phenoxy) is 2. The first-order valence-electron chi connectivity index (χ1n) is 5.48. The van der Waals surface area contributed by atoms with Crippen molar-refractivity contribution in [1.82, 2.24) is 14.9 Å². The molecule has 1 atom stereocenters. The van der Waals surface area contributed by atoms with E-state index in [0.29, 0.717) is 6.61 Å². The molecule has 0 amide bonds. The van der Waals surface area contributed by atoms with Crippen LogP contribution < -0.4 is 5.32 Å². The topological polar surface area (TPSA) is 48.3 Å². The largest absolute Gasteiger partial charge is 0.382 e. The first-order chi connectivity index (χ1) is 7.77. The van der Waals surface area contributed by atoms with Crippen molar-refractivity contribution in [1.29, 1.82) is 0 Å². The number of imidazole rings is 1. The molecule has 0 fully saturated rings. The van der Waals surface area contributed by atoms with E-state index in [1.807, 2.05) is 19.3 Å². The summed E-state index contributed by atoms with van der Waals surface area (Å²) in [6.07, 6.45) is 3.92. The van der Waals surface area contributed by atoms with Crippen LogP contribution >= 0.6 is 0 Å². The predicted molar refractivity (Wildman–Crippen MR) is 62.5 cm³/mol. The Morgan fingerprint density at radius 2 is 2.31 bits per heavy atom. The maximum Gasteiger partial charge on any atom is 0.105 e. The monoisotopic (exact) mass is 227 g/mol. The van der Waals surface area contributed by atoms with E-state index in [1.165, 1.54) is 0 Å². The van der Waals surface area contributed by atoms with Crippen molar-refractivity contribution in [3.63, 3.8) is 0 Å². The zero-order chi connectivity index (χ0) is 11.8. The van der Waals surface area contributed by atoms with Crippen LogP contribution in [-0.4, -0.2) is 49.6 Å². The molecule has 5 heteroatoms. The molecule has 0 aliphatic carbocycles. The molecule has 16 heavy (non-hydrogen) atoms. The molecule has 0 bridgehead atoms. The third-order valence-electron chi connectivity index (χ3n) is 2.51. The Morgan fingerprint density at radius 1 is 1.50 bits per heavy atom. The van der Waals surface area contributed by atoms with E-state index in [0.717, 1.165) is 25.5 Å². The summed E-state index contributed by atoms with van der Waals surface area (Å²) in [6.45, 7) is 5.25. The van der Waals surface area contributed by atoms with E-state index in [4.69, 9.17) is 9.47 Å². The average Bonchev–Trinajstić information content (AvgIpc) is 2.69. The zero-order valence-corrected chi connectivity index (χ0v) is 10.3. The standard InChI is InChI=1S/C11H21N3O2/c1-10-13-5-7-14(10)6-4-12-8-11(16-3)9-15-2/h5,7,11-12H,4,6,8-9H2,1-3H3. The predicted octanol–water partition coefficient (Wildman–Crippen LogP) is 0.443. The van der Waals surface area contributed by atoms with Crippen LogP contribution in [-0.2, 0) is 16.0 Å². The summed E-state index contributed by atoms with van der Waals surface area (Å²) >= 11 is 0. The molecular weight excluding hydrogens is 206 g/mol. The quantitative estimate of drug-likeness (QED) is 0.655. The molecule has 0 aliphatic rings. The van der Waals surface area contributed by atoms with Gasteiger partial charge in [0.15, 0.2) is 0 Å². The van der Waals surface area contributed by atoms with Gasteiger partial charge in [-0.25, -0.2) is 4.98 Å². The van der Waals surface area contributed by atoms with Gasteiger partial charge >= 0.3 is 0 Å². The van der Waals surface area contributed by atoms with Crippen LogP contribution in [0, 0.1) is 6.92 Å². The van der Waals surface area contributed by atoms with Crippen molar-refractivity contribution < 1.29 is 9.47 Å². The van der Waals surface area contributed by atoms with Crippen LogP contribution in [0.5, 0.6) is 0 Å². The summed E-state index contributed by atoms with van der Waals surface area (Å²) < 4.78 is 12.4. The third-order valence-corrected chi connectivity index (χ3v) is 2.51. The highest BCUT2D eigenvalue weighted by atomic mass is 16.5. The molecule has 0 radical (unpaired) electrons. The van der Waals surface area contributed by atoms with E-state index >= 15 is 0 Å². The van der Waals surface area contributed by atoms with Gasteiger partial charge in [-0.2, -0.15) is 0 Å². The molecular formula is C11H21N3O2. The Hall–Kier alpha value is -0.910. The van der Waals surface area contributed by atoms with Gasteiger partial charge in [-0.3, -0.25) is 0 Å². The van der Waals surface area contributed by atoms with E-state index in [1.54, 1.807) is 14.2 Å². The fourth-order valence-corrected chi connectivity index (χ4v) is 1.50. The second kappa shape index (κ2) is 7.38. The smallest absolute Gasteiger partial charge is 0.105 e. The van der Waals surface area contributed by atoms with Gasteiger partial charge in [0.25, 0.3) is 0 Å². The Morgan fingerprint density at radius 3 is 2.88 bits per heavy atom. The number of rotatable bonds is 8. The normalized spacial score (nSPS) is 12.9. The lowest BCUT2D eigenvalue weighted by Crippen LogP contribution is -2.33. The van der Waals surface area contributed by atoms with Gasteiger partial charge in [-0.05, 0) is 6.92 Å². The Labute approximate surface area is 96.8 Å². The number of nitrogens with zero attached hydrogens (tertiary/aromatic N) is 2. The number of nitrogens with one attached hydrogen (secondary N) is 1. The number of hydrogen-bond donors (Lipinski definition) is 1. The zero-order valence-electron chi connectivity index (χ0n) is 10.3. The van der Waals surface area contributed by atoms with Crippen molar-refractivity contribution in [2.75, 3.05) is 33.9 Å². The first kappa shape index (κ1) is 13.2. The minimum absolute atomic E-state index is 0.119. The molecule has 1 unspecified atom stereocenters. The molecule has 1 N–H and O–H groups in total. The second-order valence-electron chi connectivity index (χ2n) is 3.69. The van der Waals surface area contributed by atoms with Crippen molar-refractivity contribution in [2.45, 2.75) is 19.6 Å². The summed E-state index contributed by atoms with van der Waals surface area (Å²) in [6, 6.07) is 0. The molecule has 0 aromatic carbocycles. The lowest BCUT2D eigenvalue weighted by atomic mass is 10.3. The lowest BCUT2D eigenvalue weighted by Gasteiger charge is -2.15. The second-order valence-corrected chi connectivity index (χ2v) is 3.69. The van der Waals surface area contributed by atoms with Gasteiger partial charge < -0.3 is 19.4 Å². The lowest BCUT2D eigenvalue weighted by molar-refractivity contribution is 0.0289. The Kier molecular flexibility index (Phi) is 6.07. The van der Waals surface area contributed by atoms with Crippen LogP contribution in [0.4, 0.5) is 0 Å². The van der Waals surface area contributed by atoms with Crippen molar-refractivity contribution in [3.8, 4) is 0 Å². The van der Waals surface area contributed by atoms with E-state index in [2.05, 4.69) is 14.9 Å². The van der Waals surface area contributed by atoms with Crippen molar-refractivity contribution >= 4 is 0 Å². The minimum atomic E-state index is 0.119. The minimum Gasteiger partial charge on any atom is -0.382 e. The highest BCUT2D eigenvalue weighted by molar-refractivity contribution is 4.88. The number of aromatic nitrogens is 2. The molecule has 0 saturated heterocycles. The van der Waals surface area contributed by atoms with Gasteiger partial charge in [0.05, 0.1) is 12.7 Å². The molecule has 0 spiro atoms. The Balaban J connectivity index is 2.14. The molecule has 0 saturated carbocycles. The first-order valence-corrected chi connectivity index (χ1v) is 5.48. The molecule has 1 heterocycles. The summed E-state index contributed by atoms with van der Waals surface area (Å²) in [5.74, 6) is 1.04. The third kappa shape index (κ3) is 4.30. The van der Waals surface area contributed by atoms with Crippen LogP contribution in [0.1, 0.15) is 5.82 Å². The molecule has 92 valence electrons. The molecule has 1 rings (SSSR count). The van der Waals surface area contributed by atoms with Crippen LogP contribution in [0.15, 0.2) is 12.4 Å². The summed E-state index contributed by atoms with van der Waals surface area (Å²) in [5.41, 5.74) is 0. The van der Waals surface area contributed by atoms with Crippen LogP contribution in [0.2, 0.25) is 0 Å². The van der Waals surface area contributed by atoms with Gasteiger partial charge in [0.1, 0.15) is 5.82 Å². The van der Waals surface area contributed by atoms with Gasteiger partial charge in [0, 0.05) is 46.2 Å². The summed E-state index contributed by atoms with van der Waals surface area (Å²) in [4.78, 5) is 4.17. The SMILES string of the molecule is COCC(CNCCn1ccnc1C)OC. The van der Waals surface area contributed by atoms with Gasteiger partial charge in [-0.1, -0.05) is 0 Å². The van der Waals surface area contributed by atoms with E-state index in [9.17, 15) is 0 Å². The summed E-state index contributed by atoms with van der Waals surface area (Å²) in [5, 5.41) is 3.33. The van der Waals surface area contributed by atoms with Gasteiger partial charge in [0.2, 0.25) is 0 Å². The fraction of sp³-hybridized carbons (Fsp3) is 0.727. The number of aryl methyl sites for hydroxylation is 1. The van der Waals surface area contributed by atoms with Gasteiger partial charge in [-0.15, -0.1) is 0 Å². The molecule has 5 nitrogen and oxygen atoms in total. The fourth-order valence-electron chi connectivity index (χ4n) is 1.50. The maximum absolute atomic E-state index is 5.25. The van der Waals surface area contributed by atoms with Crippen molar-refractivity contribution in [3.05, 3.63) is 18.2 Å². The Bertz CT molecular complexity index is 289. The maximum atomic E-state index is 5.25. The average molecular weight is 227 g/mol.